The Bertz CT molecular complexity index is 499. The van der Waals surface area contributed by atoms with Gasteiger partial charge in [0, 0.05) is 4.47 Å². The summed E-state index contributed by atoms with van der Waals surface area (Å²) >= 11 is 5.29. The van der Waals surface area contributed by atoms with Crippen LogP contribution < -0.4 is 4.74 Å². The maximum Gasteiger partial charge on any atom is 0.133 e. The lowest BCUT2D eigenvalue weighted by molar-refractivity contribution is 0.299. The topological polar surface area (TPSA) is 9.23 Å². The summed E-state index contributed by atoms with van der Waals surface area (Å²) < 4.78 is 6.98. The maximum atomic E-state index is 5.89. The number of benzene rings is 2. The number of hydrogen-bond donors (Lipinski definition) is 0. The Balaban J connectivity index is 2.09. The van der Waals surface area contributed by atoms with Gasteiger partial charge in [0.2, 0.25) is 0 Å². The molecular formula is C15H15BrOS. The van der Waals surface area contributed by atoms with E-state index in [1.54, 1.807) is 11.8 Å². The van der Waals surface area contributed by atoms with Crippen molar-refractivity contribution in [2.45, 2.75) is 18.4 Å². The molecule has 94 valence electrons. The van der Waals surface area contributed by atoms with Gasteiger partial charge in [0.05, 0.1) is 4.90 Å². The van der Waals surface area contributed by atoms with Crippen LogP contribution in [0.25, 0.3) is 0 Å². The number of hydrogen-bond acceptors (Lipinski definition) is 2. The van der Waals surface area contributed by atoms with Crippen LogP contribution in [-0.2, 0) is 6.61 Å². The molecule has 0 N–H and O–H groups in total. The van der Waals surface area contributed by atoms with Gasteiger partial charge < -0.3 is 4.74 Å². The number of halogens is 1. The molecular weight excluding hydrogens is 308 g/mol. The van der Waals surface area contributed by atoms with Gasteiger partial charge in [0.15, 0.2) is 0 Å². The van der Waals surface area contributed by atoms with E-state index < -0.39 is 0 Å². The summed E-state index contributed by atoms with van der Waals surface area (Å²) in [6.45, 7) is 2.76. The first-order valence-corrected chi connectivity index (χ1v) is 7.66. The quantitative estimate of drug-likeness (QED) is 0.705. The molecule has 0 aromatic heterocycles. The van der Waals surface area contributed by atoms with Crippen molar-refractivity contribution in [3.63, 3.8) is 0 Å². The lowest BCUT2D eigenvalue weighted by atomic mass is 10.2. The van der Waals surface area contributed by atoms with Crippen LogP contribution >= 0.6 is 27.7 Å². The zero-order chi connectivity index (χ0) is 12.8. The smallest absolute Gasteiger partial charge is 0.133 e. The predicted molar refractivity (Wildman–Crippen MR) is 81.3 cm³/mol. The van der Waals surface area contributed by atoms with Crippen LogP contribution in [0.3, 0.4) is 0 Å². The highest BCUT2D eigenvalue weighted by molar-refractivity contribution is 9.10. The first-order chi connectivity index (χ1) is 8.79. The van der Waals surface area contributed by atoms with Gasteiger partial charge in [0.1, 0.15) is 12.4 Å². The van der Waals surface area contributed by atoms with Gasteiger partial charge in [-0.05, 0) is 29.5 Å². The number of ether oxygens (including phenoxy) is 1. The van der Waals surface area contributed by atoms with Crippen molar-refractivity contribution in [2.24, 2.45) is 0 Å². The summed E-state index contributed by atoms with van der Waals surface area (Å²) in [5, 5.41) is 0. The van der Waals surface area contributed by atoms with E-state index in [-0.39, 0.29) is 0 Å². The Kier molecular flexibility index (Phi) is 5.14. The van der Waals surface area contributed by atoms with Crippen LogP contribution in [0.1, 0.15) is 12.5 Å². The highest BCUT2D eigenvalue weighted by Gasteiger charge is 2.05. The molecule has 0 aliphatic heterocycles. The Morgan fingerprint density at radius 1 is 1.11 bits per heavy atom. The molecule has 2 aromatic rings. The fraction of sp³-hybridized carbons (Fsp3) is 0.200. The highest BCUT2D eigenvalue weighted by atomic mass is 79.9. The monoisotopic (exact) mass is 322 g/mol. The maximum absolute atomic E-state index is 5.89. The zero-order valence-electron chi connectivity index (χ0n) is 10.2. The molecule has 0 fully saturated rings. The molecule has 0 unspecified atom stereocenters. The van der Waals surface area contributed by atoms with Crippen LogP contribution in [0, 0.1) is 0 Å². The summed E-state index contributed by atoms with van der Waals surface area (Å²) in [5.41, 5.74) is 1.19. The molecule has 0 radical (unpaired) electrons. The lowest BCUT2D eigenvalue weighted by Gasteiger charge is -2.11. The van der Waals surface area contributed by atoms with E-state index in [1.807, 2.05) is 30.3 Å². The van der Waals surface area contributed by atoms with Crippen molar-refractivity contribution in [3.05, 3.63) is 58.6 Å². The fourth-order valence-corrected chi connectivity index (χ4v) is 2.91. The average Bonchev–Trinajstić information content (AvgIpc) is 2.39. The molecule has 0 amide bonds. The van der Waals surface area contributed by atoms with Gasteiger partial charge in [-0.3, -0.25) is 0 Å². The summed E-state index contributed by atoms with van der Waals surface area (Å²) in [6, 6.07) is 16.4. The second-order valence-corrected chi connectivity index (χ2v) is 6.02. The first kappa shape index (κ1) is 13.5. The normalized spacial score (nSPS) is 10.3. The molecule has 0 heterocycles. The Morgan fingerprint density at radius 2 is 1.89 bits per heavy atom. The molecule has 0 aliphatic rings. The average molecular weight is 323 g/mol. The third-order valence-corrected chi connectivity index (χ3v) is 3.85. The van der Waals surface area contributed by atoms with Gasteiger partial charge in [-0.2, -0.15) is 0 Å². The third kappa shape index (κ3) is 3.79. The Morgan fingerprint density at radius 3 is 2.61 bits per heavy atom. The van der Waals surface area contributed by atoms with Crippen molar-refractivity contribution >= 4 is 27.7 Å². The standard InChI is InChI=1S/C15H15BrOS/c1-2-18-15-10-13(16)8-9-14(15)17-11-12-6-4-3-5-7-12/h3-10H,2,11H2,1H3. The Labute approximate surface area is 121 Å². The van der Waals surface area contributed by atoms with Gasteiger partial charge in [-0.25, -0.2) is 0 Å². The molecule has 0 bridgehead atoms. The molecule has 18 heavy (non-hydrogen) atoms. The number of thioether (sulfide) groups is 1. The number of rotatable bonds is 5. The predicted octanol–water partition coefficient (Wildman–Crippen LogP) is 5.14. The molecule has 2 aromatic carbocycles. The van der Waals surface area contributed by atoms with Crippen LogP contribution in [0.4, 0.5) is 0 Å². The first-order valence-electron chi connectivity index (χ1n) is 5.88. The molecule has 0 saturated carbocycles. The minimum atomic E-state index is 0.611. The lowest BCUT2D eigenvalue weighted by Crippen LogP contribution is -1.96. The van der Waals surface area contributed by atoms with Crippen molar-refractivity contribution in [1.29, 1.82) is 0 Å². The summed E-state index contributed by atoms with van der Waals surface area (Å²) in [6.07, 6.45) is 0. The minimum absolute atomic E-state index is 0.611. The van der Waals surface area contributed by atoms with Gasteiger partial charge >= 0.3 is 0 Å². The van der Waals surface area contributed by atoms with Gasteiger partial charge in [0.25, 0.3) is 0 Å². The molecule has 2 rings (SSSR count). The van der Waals surface area contributed by atoms with Crippen molar-refractivity contribution in [2.75, 3.05) is 5.75 Å². The molecule has 1 nitrogen and oxygen atoms in total. The van der Waals surface area contributed by atoms with E-state index in [0.717, 1.165) is 16.0 Å². The summed E-state index contributed by atoms with van der Waals surface area (Å²) in [7, 11) is 0. The highest BCUT2D eigenvalue weighted by Crippen LogP contribution is 2.32. The van der Waals surface area contributed by atoms with Gasteiger partial charge in [-0.1, -0.05) is 53.2 Å². The summed E-state index contributed by atoms with van der Waals surface area (Å²) in [5.74, 6) is 1.99. The van der Waals surface area contributed by atoms with E-state index >= 15 is 0 Å². The van der Waals surface area contributed by atoms with Crippen LogP contribution in [-0.4, -0.2) is 5.75 Å². The van der Waals surface area contributed by atoms with Crippen molar-refractivity contribution in [1.82, 2.24) is 0 Å². The van der Waals surface area contributed by atoms with Crippen LogP contribution in [0.15, 0.2) is 57.9 Å². The van der Waals surface area contributed by atoms with Crippen molar-refractivity contribution in [3.8, 4) is 5.75 Å². The second kappa shape index (κ2) is 6.86. The SMILES string of the molecule is CCSc1cc(Br)ccc1OCc1ccccc1. The van der Waals surface area contributed by atoms with Gasteiger partial charge in [-0.15, -0.1) is 11.8 Å². The van der Waals surface area contributed by atoms with Crippen LogP contribution in [0.5, 0.6) is 5.75 Å². The van der Waals surface area contributed by atoms with Crippen LogP contribution in [0.2, 0.25) is 0 Å². The molecule has 0 aliphatic carbocycles. The van der Waals surface area contributed by atoms with E-state index in [4.69, 9.17) is 4.74 Å². The summed E-state index contributed by atoms with van der Waals surface area (Å²) in [4.78, 5) is 1.18. The largest absolute Gasteiger partial charge is 0.488 e. The van der Waals surface area contributed by atoms with E-state index in [9.17, 15) is 0 Å². The van der Waals surface area contributed by atoms with Crippen molar-refractivity contribution < 1.29 is 4.74 Å². The van der Waals surface area contributed by atoms with E-state index in [0.29, 0.717) is 6.61 Å². The Hall–Kier alpha value is -0.930. The molecule has 0 saturated heterocycles. The zero-order valence-corrected chi connectivity index (χ0v) is 12.6. The third-order valence-electron chi connectivity index (χ3n) is 2.44. The van der Waals surface area contributed by atoms with E-state index in [1.165, 1.54) is 10.5 Å². The molecule has 0 atom stereocenters. The molecule has 3 heteroatoms. The minimum Gasteiger partial charge on any atom is -0.488 e. The molecule has 0 spiro atoms. The fourth-order valence-electron chi connectivity index (χ4n) is 1.60. The second-order valence-electron chi connectivity index (χ2n) is 3.80. The van der Waals surface area contributed by atoms with E-state index in [2.05, 4.69) is 41.1 Å².